The van der Waals surface area contributed by atoms with Crippen molar-refractivity contribution in [1.29, 1.82) is 0 Å². The molecule has 0 aliphatic carbocycles. The third kappa shape index (κ3) is 6.85. The Morgan fingerprint density at radius 3 is 2.40 bits per heavy atom. The van der Waals surface area contributed by atoms with Crippen LogP contribution in [0.25, 0.3) is 5.82 Å². The Morgan fingerprint density at radius 1 is 1.00 bits per heavy atom. The second-order valence-corrected chi connectivity index (χ2v) is 12.4. The summed E-state index contributed by atoms with van der Waals surface area (Å²) in [4.78, 5) is 31.2. The minimum atomic E-state index is -3.81. The zero-order valence-electron chi connectivity index (χ0n) is 22.2. The molecule has 40 heavy (non-hydrogen) atoms. The van der Waals surface area contributed by atoms with Gasteiger partial charge in [0.05, 0.1) is 22.2 Å². The van der Waals surface area contributed by atoms with Crippen molar-refractivity contribution in [3.05, 3.63) is 105 Å². The summed E-state index contributed by atoms with van der Waals surface area (Å²) in [6, 6.07) is 16.0. The van der Waals surface area contributed by atoms with Crippen LogP contribution in [0.2, 0.25) is 10.0 Å². The van der Waals surface area contributed by atoms with Crippen molar-refractivity contribution in [3.8, 4) is 5.82 Å². The van der Waals surface area contributed by atoms with E-state index >= 15 is 0 Å². The zero-order chi connectivity index (χ0) is 29.0. The number of hydrogen-bond acceptors (Lipinski definition) is 6. The molecule has 0 spiro atoms. The molecular formula is C29H28Cl2N4O4S. The molecule has 4 aromatic rings. The van der Waals surface area contributed by atoms with Crippen molar-refractivity contribution < 1.29 is 18.0 Å². The van der Waals surface area contributed by atoms with Gasteiger partial charge < -0.3 is 0 Å². The van der Waals surface area contributed by atoms with E-state index < -0.39 is 10.0 Å². The standard InChI is InChI=1S/C29H28Cl2N4O4S/c1-18(2)12-27(36)24-14-20(30)13-19(3)23(24)16-28(37)26-15-21(34-35(26)29-25(31)10-7-11-32-29)17-33-40(38,39)22-8-5-4-6-9-22/h4-11,13-15,18,33H,12,16-17H2,1-3H3. The molecule has 0 fully saturated rings. The molecule has 0 atom stereocenters. The average Bonchev–Trinajstić information content (AvgIpc) is 3.33. The van der Waals surface area contributed by atoms with Crippen LogP contribution in [-0.4, -0.2) is 34.7 Å². The van der Waals surface area contributed by atoms with Crippen LogP contribution >= 0.6 is 23.2 Å². The summed E-state index contributed by atoms with van der Waals surface area (Å²) in [5.41, 5.74) is 2.13. The van der Waals surface area contributed by atoms with E-state index in [9.17, 15) is 18.0 Å². The first-order valence-electron chi connectivity index (χ1n) is 12.6. The normalized spacial score (nSPS) is 11.7. The van der Waals surface area contributed by atoms with Crippen molar-refractivity contribution in [2.45, 2.75) is 45.1 Å². The highest BCUT2D eigenvalue weighted by atomic mass is 35.5. The summed E-state index contributed by atoms with van der Waals surface area (Å²) in [6.45, 7) is 5.52. The highest BCUT2D eigenvalue weighted by Crippen LogP contribution is 2.26. The number of nitrogens with zero attached hydrogens (tertiary/aromatic N) is 3. The number of carbonyl (C=O) groups excluding carboxylic acids is 2. The van der Waals surface area contributed by atoms with E-state index in [-0.39, 0.29) is 57.6 Å². The van der Waals surface area contributed by atoms with E-state index in [2.05, 4.69) is 14.8 Å². The van der Waals surface area contributed by atoms with E-state index in [0.717, 1.165) is 0 Å². The van der Waals surface area contributed by atoms with Gasteiger partial charge in [0, 0.05) is 29.6 Å². The van der Waals surface area contributed by atoms with Gasteiger partial charge in [0.25, 0.3) is 0 Å². The fourth-order valence-corrected chi connectivity index (χ4v) is 5.74. The molecule has 0 unspecified atom stereocenters. The van der Waals surface area contributed by atoms with Crippen LogP contribution < -0.4 is 4.72 Å². The molecule has 0 saturated carbocycles. The fraction of sp³-hybridized carbons (Fsp3) is 0.241. The predicted molar refractivity (Wildman–Crippen MR) is 155 cm³/mol. The van der Waals surface area contributed by atoms with Crippen molar-refractivity contribution in [2.75, 3.05) is 0 Å². The maximum absolute atomic E-state index is 13.8. The molecule has 0 radical (unpaired) electrons. The number of rotatable bonds is 11. The third-order valence-corrected chi connectivity index (χ3v) is 8.08. The number of benzene rings is 2. The average molecular weight is 600 g/mol. The molecule has 0 aliphatic heterocycles. The summed E-state index contributed by atoms with van der Waals surface area (Å²) < 4.78 is 29.3. The number of aryl methyl sites for hydroxylation is 1. The fourth-order valence-electron chi connectivity index (χ4n) is 4.25. The molecule has 1 N–H and O–H groups in total. The van der Waals surface area contributed by atoms with Gasteiger partial charge in [0.1, 0.15) is 5.69 Å². The molecular weight excluding hydrogens is 571 g/mol. The van der Waals surface area contributed by atoms with E-state index in [1.165, 1.54) is 29.1 Å². The first-order chi connectivity index (χ1) is 19.0. The molecule has 0 bridgehead atoms. The number of pyridine rings is 1. The minimum absolute atomic E-state index is 0.0966. The highest BCUT2D eigenvalue weighted by molar-refractivity contribution is 7.89. The molecule has 8 nitrogen and oxygen atoms in total. The van der Waals surface area contributed by atoms with E-state index in [1.54, 1.807) is 49.4 Å². The van der Waals surface area contributed by atoms with Gasteiger partial charge >= 0.3 is 0 Å². The number of aromatic nitrogens is 3. The summed E-state index contributed by atoms with van der Waals surface area (Å²) >= 11 is 12.7. The molecule has 2 aromatic heterocycles. The SMILES string of the molecule is Cc1cc(Cl)cc(C(=O)CC(C)C)c1CC(=O)c1cc(CNS(=O)(=O)c2ccccc2)nn1-c1ncccc1Cl. The molecule has 2 heterocycles. The van der Waals surface area contributed by atoms with Crippen LogP contribution in [0.5, 0.6) is 0 Å². The summed E-state index contributed by atoms with van der Waals surface area (Å²) in [7, 11) is -3.81. The van der Waals surface area contributed by atoms with Gasteiger partial charge in [0.2, 0.25) is 10.0 Å². The molecule has 208 valence electrons. The van der Waals surface area contributed by atoms with E-state index in [4.69, 9.17) is 23.2 Å². The van der Waals surface area contributed by atoms with Crippen LogP contribution in [0.3, 0.4) is 0 Å². The lowest BCUT2D eigenvalue weighted by Gasteiger charge is -2.14. The Balaban J connectivity index is 1.71. The number of sulfonamides is 1. The van der Waals surface area contributed by atoms with Crippen LogP contribution in [0.15, 0.2) is 71.8 Å². The Kier molecular flexibility index (Phi) is 9.20. The van der Waals surface area contributed by atoms with E-state index in [0.29, 0.717) is 28.1 Å². The third-order valence-electron chi connectivity index (χ3n) is 6.15. The maximum Gasteiger partial charge on any atom is 0.240 e. The van der Waals surface area contributed by atoms with E-state index in [1.807, 2.05) is 13.8 Å². The van der Waals surface area contributed by atoms with Gasteiger partial charge in [-0.15, -0.1) is 0 Å². The topological polar surface area (TPSA) is 111 Å². The Labute approximate surface area is 243 Å². The highest BCUT2D eigenvalue weighted by Gasteiger charge is 2.24. The van der Waals surface area contributed by atoms with Gasteiger partial charge in [-0.3, -0.25) is 9.59 Å². The van der Waals surface area contributed by atoms with Gasteiger partial charge in [0.15, 0.2) is 17.4 Å². The minimum Gasteiger partial charge on any atom is -0.294 e. The van der Waals surface area contributed by atoms with Gasteiger partial charge in [-0.1, -0.05) is 55.2 Å². The zero-order valence-corrected chi connectivity index (χ0v) is 24.5. The number of Topliss-reactive ketones (excluding diaryl/α,β-unsaturated/α-hetero) is 2. The van der Waals surface area contributed by atoms with Crippen molar-refractivity contribution in [2.24, 2.45) is 5.92 Å². The lowest BCUT2D eigenvalue weighted by atomic mass is 9.91. The maximum atomic E-state index is 13.8. The van der Waals surface area contributed by atoms with Crippen LogP contribution in [0.4, 0.5) is 0 Å². The monoisotopic (exact) mass is 598 g/mol. The summed E-state index contributed by atoms with van der Waals surface area (Å²) in [6.07, 6.45) is 1.72. The van der Waals surface area contributed by atoms with Crippen LogP contribution in [-0.2, 0) is 23.0 Å². The quantitative estimate of drug-likeness (QED) is 0.211. The largest absolute Gasteiger partial charge is 0.294 e. The molecule has 2 aromatic carbocycles. The number of ketones is 2. The predicted octanol–water partition coefficient (Wildman–Crippen LogP) is 6.02. The Hall–Kier alpha value is -3.37. The van der Waals surface area contributed by atoms with Gasteiger partial charge in [-0.05, 0) is 66.4 Å². The smallest absolute Gasteiger partial charge is 0.240 e. The van der Waals surface area contributed by atoms with Crippen molar-refractivity contribution in [1.82, 2.24) is 19.5 Å². The second-order valence-electron chi connectivity index (χ2n) is 9.75. The molecule has 0 amide bonds. The summed E-state index contributed by atoms with van der Waals surface area (Å²) in [5, 5.41) is 5.14. The number of carbonyl (C=O) groups is 2. The lowest BCUT2D eigenvalue weighted by molar-refractivity contribution is 0.0966. The lowest BCUT2D eigenvalue weighted by Crippen LogP contribution is -2.23. The number of nitrogens with one attached hydrogen (secondary N) is 1. The molecule has 0 aliphatic rings. The number of hydrogen-bond donors (Lipinski definition) is 1. The second kappa shape index (κ2) is 12.4. The van der Waals surface area contributed by atoms with Crippen LogP contribution in [0.1, 0.15) is 57.9 Å². The Bertz CT molecular complexity index is 1670. The summed E-state index contributed by atoms with van der Waals surface area (Å²) in [5.74, 6) is -0.102. The molecule has 0 saturated heterocycles. The van der Waals surface area contributed by atoms with Crippen molar-refractivity contribution in [3.63, 3.8) is 0 Å². The van der Waals surface area contributed by atoms with Gasteiger partial charge in [-0.25, -0.2) is 22.8 Å². The van der Waals surface area contributed by atoms with Gasteiger partial charge in [-0.2, -0.15) is 5.10 Å². The number of halogens is 2. The Morgan fingerprint density at radius 2 is 1.73 bits per heavy atom. The molecule has 4 rings (SSSR count). The first kappa shape index (κ1) is 29.6. The van der Waals surface area contributed by atoms with Crippen molar-refractivity contribution >= 4 is 44.8 Å². The molecule has 11 heteroatoms. The first-order valence-corrected chi connectivity index (χ1v) is 14.8. The van der Waals surface area contributed by atoms with Crippen LogP contribution in [0, 0.1) is 12.8 Å².